The minimum atomic E-state index is -4.60. The Kier molecular flexibility index (Phi) is 5.73. The van der Waals surface area contributed by atoms with E-state index in [0.717, 1.165) is 12.1 Å². The van der Waals surface area contributed by atoms with E-state index in [9.17, 15) is 26.9 Å². The van der Waals surface area contributed by atoms with Gasteiger partial charge in [-0.05, 0) is 48.5 Å². The topological polar surface area (TPSA) is 162 Å². The minimum Gasteiger partial charge on any atom is -0.399 e. The summed E-state index contributed by atoms with van der Waals surface area (Å²) in [5.41, 5.74) is 6.07. The molecule has 0 aliphatic heterocycles. The molecule has 10 nitrogen and oxygen atoms in total. The summed E-state index contributed by atoms with van der Waals surface area (Å²) in [4.78, 5) is 9.86. The zero-order chi connectivity index (χ0) is 21.9. The molecule has 0 aliphatic rings. The summed E-state index contributed by atoms with van der Waals surface area (Å²) in [5.74, 6) is 0. The number of nitrogens with zero attached hydrogens (tertiary/aromatic N) is 1. The van der Waals surface area contributed by atoms with Gasteiger partial charge < -0.3 is 11.1 Å². The van der Waals surface area contributed by atoms with Crippen LogP contribution in [0, 0.1) is 10.1 Å². The number of hydrogen-bond acceptors (Lipinski definition) is 8. The molecule has 0 aliphatic carbocycles. The summed E-state index contributed by atoms with van der Waals surface area (Å²) in [6.07, 6.45) is 0. The molecular weight excluding hydrogens is 432 g/mol. The van der Waals surface area contributed by atoms with Crippen LogP contribution in [0.15, 0.2) is 82.6 Å². The van der Waals surface area contributed by atoms with Crippen molar-refractivity contribution in [3.05, 3.63) is 82.9 Å². The summed E-state index contributed by atoms with van der Waals surface area (Å²) in [7, 11) is -9.00. The quantitative estimate of drug-likeness (QED) is 0.282. The number of benzene rings is 3. The zero-order valence-electron chi connectivity index (χ0n) is 15.2. The first-order valence-electron chi connectivity index (χ1n) is 8.33. The molecule has 156 valence electrons. The molecule has 0 spiro atoms. The smallest absolute Gasteiger partial charge is 0.294 e. The zero-order valence-corrected chi connectivity index (χ0v) is 16.9. The molecule has 30 heavy (non-hydrogen) atoms. The number of nitrogen functional groups attached to an aromatic ring is 1. The van der Waals surface area contributed by atoms with Gasteiger partial charge in [0.15, 0.2) is 0 Å². The Balaban J connectivity index is 1.95. The van der Waals surface area contributed by atoms with Gasteiger partial charge in [0.2, 0.25) is 0 Å². The Labute approximate surface area is 172 Å². The largest absolute Gasteiger partial charge is 0.399 e. The molecule has 0 heterocycles. The number of rotatable bonds is 7. The molecule has 0 amide bonds. The second-order valence-electron chi connectivity index (χ2n) is 6.09. The SMILES string of the molecule is Nc1ccc(Nc2ccc(S(=O)(=O)NS(=O)(=O)c3ccccc3)cc2[N+](=O)[O-])cc1. The van der Waals surface area contributed by atoms with Gasteiger partial charge in [-0.2, -0.15) is 0 Å². The lowest BCUT2D eigenvalue weighted by Gasteiger charge is -2.11. The number of nitro benzene ring substituents is 1. The lowest BCUT2D eigenvalue weighted by atomic mass is 10.2. The summed E-state index contributed by atoms with van der Waals surface area (Å²) in [5, 5.41) is 14.3. The molecule has 3 aromatic carbocycles. The van der Waals surface area contributed by atoms with Crippen molar-refractivity contribution < 1.29 is 21.8 Å². The van der Waals surface area contributed by atoms with Gasteiger partial charge >= 0.3 is 0 Å². The summed E-state index contributed by atoms with van der Waals surface area (Å²) < 4.78 is 51.4. The van der Waals surface area contributed by atoms with Crippen LogP contribution >= 0.6 is 0 Å². The van der Waals surface area contributed by atoms with Gasteiger partial charge in [0.05, 0.1) is 14.7 Å². The molecule has 0 aromatic heterocycles. The van der Waals surface area contributed by atoms with E-state index in [-0.39, 0.29) is 10.6 Å². The average molecular weight is 448 g/mol. The molecule has 0 bridgehead atoms. The second kappa shape index (κ2) is 8.10. The van der Waals surface area contributed by atoms with Crippen molar-refractivity contribution in [2.24, 2.45) is 0 Å². The van der Waals surface area contributed by atoms with Gasteiger partial charge in [-0.25, -0.2) is 16.8 Å². The minimum absolute atomic E-state index is 0.0228. The summed E-state index contributed by atoms with van der Waals surface area (Å²) in [6.45, 7) is 0. The number of nitrogens with two attached hydrogens (primary N) is 1. The molecule has 0 fully saturated rings. The van der Waals surface area contributed by atoms with Crippen molar-refractivity contribution >= 4 is 42.8 Å². The number of hydrogen-bond donors (Lipinski definition) is 3. The van der Waals surface area contributed by atoms with E-state index >= 15 is 0 Å². The van der Waals surface area contributed by atoms with E-state index in [1.807, 2.05) is 0 Å². The van der Waals surface area contributed by atoms with Gasteiger partial charge in [0.1, 0.15) is 5.69 Å². The Morgan fingerprint density at radius 1 is 0.800 bits per heavy atom. The Bertz CT molecular complexity index is 1290. The number of anilines is 3. The highest BCUT2D eigenvalue weighted by Gasteiger charge is 2.27. The predicted molar refractivity (Wildman–Crippen MR) is 111 cm³/mol. The standard InChI is InChI=1S/C18H16N4O6S2/c19-13-6-8-14(9-7-13)20-17-11-10-16(12-18(17)22(23)24)30(27,28)21-29(25,26)15-4-2-1-3-5-15/h1-12,20-21H,19H2. The van der Waals surface area contributed by atoms with Crippen LogP contribution in [0.1, 0.15) is 0 Å². The fraction of sp³-hybridized carbons (Fsp3) is 0. The van der Waals surface area contributed by atoms with E-state index in [1.54, 1.807) is 34.5 Å². The van der Waals surface area contributed by atoms with Crippen molar-refractivity contribution in [3.8, 4) is 0 Å². The molecule has 0 saturated carbocycles. The molecule has 3 rings (SSSR count). The first kappa shape index (κ1) is 21.2. The van der Waals surface area contributed by atoms with Crippen molar-refractivity contribution in [2.75, 3.05) is 11.1 Å². The van der Waals surface area contributed by atoms with E-state index < -0.39 is 35.6 Å². The second-order valence-corrected chi connectivity index (χ2v) is 9.71. The number of nitrogens with one attached hydrogen (secondary N) is 2. The monoisotopic (exact) mass is 448 g/mol. The highest BCUT2D eigenvalue weighted by Crippen LogP contribution is 2.30. The van der Waals surface area contributed by atoms with E-state index in [2.05, 4.69) is 5.32 Å². The first-order valence-corrected chi connectivity index (χ1v) is 11.3. The third-order valence-electron chi connectivity index (χ3n) is 3.94. The molecule has 3 aromatic rings. The maximum atomic E-state index is 12.6. The van der Waals surface area contributed by atoms with Crippen LogP contribution in [0.3, 0.4) is 0 Å². The normalized spacial score (nSPS) is 11.7. The van der Waals surface area contributed by atoms with Crippen LogP contribution in [0.4, 0.5) is 22.7 Å². The molecule has 0 saturated heterocycles. The lowest BCUT2D eigenvalue weighted by molar-refractivity contribution is -0.384. The van der Waals surface area contributed by atoms with E-state index in [4.69, 9.17) is 5.73 Å². The van der Waals surface area contributed by atoms with Crippen LogP contribution in [-0.2, 0) is 20.0 Å². The summed E-state index contributed by atoms with van der Waals surface area (Å²) >= 11 is 0. The van der Waals surface area contributed by atoms with E-state index in [0.29, 0.717) is 11.4 Å². The number of nitro groups is 1. The molecule has 12 heteroatoms. The van der Waals surface area contributed by atoms with Crippen molar-refractivity contribution in [3.63, 3.8) is 0 Å². The molecule has 0 atom stereocenters. The average Bonchev–Trinajstić information content (AvgIpc) is 2.69. The molecular formula is C18H16N4O6S2. The third kappa shape index (κ3) is 4.74. The van der Waals surface area contributed by atoms with Gasteiger partial charge in [-0.1, -0.05) is 18.2 Å². The predicted octanol–water partition coefficient (Wildman–Crippen LogP) is 2.59. The van der Waals surface area contributed by atoms with Crippen LogP contribution in [0.25, 0.3) is 0 Å². The molecule has 0 unspecified atom stereocenters. The van der Waals surface area contributed by atoms with Crippen molar-refractivity contribution in [1.29, 1.82) is 0 Å². The fourth-order valence-corrected chi connectivity index (χ4v) is 5.45. The first-order chi connectivity index (χ1) is 14.1. The van der Waals surface area contributed by atoms with E-state index in [1.165, 1.54) is 30.3 Å². The Hall–Kier alpha value is -3.48. The molecule has 0 radical (unpaired) electrons. The third-order valence-corrected chi connectivity index (χ3v) is 7.46. The summed E-state index contributed by atoms with van der Waals surface area (Å²) in [6, 6.07) is 16.3. The van der Waals surface area contributed by atoms with Crippen LogP contribution in [-0.4, -0.2) is 21.8 Å². The number of sulfonamides is 2. The lowest BCUT2D eigenvalue weighted by Crippen LogP contribution is -2.30. The van der Waals surface area contributed by atoms with Crippen LogP contribution in [0.2, 0.25) is 0 Å². The fourth-order valence-electron chi connectivity index (χ4n) is 2.50. The van der Waals surface area contributed by atoms with Gasteiger partial charge in [-0.15, -0.1) is 4.13 Å². The Morgan fingerprint density at radius 2 is 1.40 bits per heavy atom. The van der Waals surface area contributed by atoms with Gasteiger partial charge in [0.25, 0.3) is 25.7 Å². The van der Waals surface area contributed by atoms with Crippen molar-refractivity contribution in [1.82, 2.24) is 4.13 Å². The maximum absolute atomic E-state index is 12.6. The maximum Gasteiger partial charge on any atom is 0.294 e. The van der Waals surface area contributed by atoms with Gasteiger partial charge in [0, 0.05) is 17.4 Å². The highest BCUT2D eigenvalue weighted by atomic mass is 32.3. The molecule has 4 N–H and O–H groups in total. The Morgan fingerprint density at radius 3 is 2.00 bits per heavy atom. The van der Waals surface area contributed by atoms with Crippen LogP contribution in [0.5, 0.6) is 0 Å². The van der Waals surface area contributed by atoms with Gasteiger partial charge in [-0.3, -0.25) is 10.1 Å². The highest BCUT2D eigenvalue weighted by molar-refractivity contribution is 8.04. The van der Waals surface area contributed by atoms with Crippen LogP contribution < -0.4 is 15.2 Å². The van der Waals surface area contributed by atoms with Crippen molar-refractivity contribution in [2.45, 2.75) is 9.79 Å².